The minimum atomic E-state index is -0.0273. The van der Waals surface area contributed by atoms with Gasteiger partial charge in [-0.2, -0.15) is 17.7 Å². The fourth-order valence-electron chi connectivity index (χ4n) is 1.74. The third kappa shape index (κ3) is 2.52. The van der Waals surface area contributed by atoms with E-state index < -0.39 is 0 Å². The van der Waals surface area contributed by atoms with Crippen molar-refractivity contribution in [2.75, 3.05) is 5.75 Å². The first-order chi connectivity index (χ1) is 8.03. The predicted octanol–water partition coefficient (Wildman–Crippen LogP) is 2.35. The summed E-state index contributed by atoms with van der Waals surface area (Å²) in [6.07, 6.45) is 1.39. The third-order valence-corrected chi connectivity index (χ3v) is 3.62. The number of benzene rings is 1. The highest BCUT2D eigenvalue weighted by Crippen LogP contribution is 2.20. The van der Waals surface area contributed by atoms with Crippen molar-refractivity contribution in [2.24, 2.45) is 5.41 Å². The molecule has 1 aromatic heterocycles. The number of aromatic nitrogens is 2. The van der Waals surface area contributed by atoms with Crippen molar-refractivity contribution in [3.63, 3.8) is 0 Å². The van der Waals surface area contributed by atoms with Gasteiger partial charge in [0.2, 0.25) is 5.43 Å². The number of hydrogen-bond donors (Lipinski definition) is 1. The van der Waals surface area contributed by atoms with E-state index in [9.17, 15) is 4.79 Å². The van der Waals surface area contributed by atoms with Crippen molar-refractivity contribution in [3.8, 4) is 0 Å². The van der Waals surface area contributed by atoms with E-state index >= 15 is 0 Å². The Morgan fingerprint density at radius 3 is 2.76 bits per heavy atom. The van der Waals surface area contributed by atoms with Gasteiger partial charge in [0.15, 0.2) is 0 Å². The average Bonchev–Trinajstić information content (AvgIpc) is 2.33. The van der Waals surface area contributed by atoms with Crippen molar-refractivity contribution < 1.29 is 0 Å². The van der Waals surface area contributed by atoms with Crippen LogP contribution in [-0.4, -0.2) is 15.5 Å². The van der Waals surface area contributed by atoms with E-state index in [4.69, 9.17) is 0 Å². The molecule has 3 nitrogen and oxygen atoms in total. The van der Waals surface area contributed by atoms with Crippen LogP contribution in [0.5, 0.6) is 0 Å². The molecule has 0 fully saturated rings. The first kappa shape index (κ1) is 12.2. The Kier molecular flexibility index (Phi) is 3.24. The normalized spacial score (nSPS) is 11.9. The molecule has 2 aromatic rings. The highest BCUT2D eigenvalue weighted by molar-refractivity contribution is 7.80. The highest BCUT2D eigenvalue weighted by atomic mass is 32.1. The Balaban J connectivity index is 2.56. The van der Waals surface area contributed by atoms with Crippen molar-refractivity contribution in [3.05, 3.63) is 40.7 Å². The molecule has 90 valence electrons. The van der Waals surface area contributed by atoms with Crippen LogP contribution in [0.1, 0.15) is 13.8 Å². The van der Waals surface area contributed by atoms with E-state index in [-0.39, 0.29) is 10.8 Å². The zero-order valence-corrected chi connectivity index (χ0v) is 10.9. The molecule has 0 radical (unpaired) electrons. The minimum absolute atomic E-state index is 0.0273. The number of rotatable bonds is 3. The molecule has 0 aliphatic rings. The molecule has 17 heavy (non-hydrogen) atoms. The number of nitrogens with zero attached hydrogens (tertiary/aromatic N) is 2. The molecule has 0 atom stereocenters. The van der Waals surface area contributed by atoms with Crippen molar-refractivity contribution in [2.45, 2.75) is 20.4 Å². The van der Waals surface area contributed by atoms with E-state index in [1.807, 2.05) is 28.9 Å². The molecule has 0 amide bonds. The molecule has 0 aliphatic heterocycles. The molecule has 0 saturated carbocycles. The number of hydrogen-bond acceptors (Lipinski definition) is 3. The zero-order valence-electron chi connectivity index (χ0n) is 10.1. The maximum atomic E-state index is 11.7. The van der Waals surface area contributed by atoms with Gasteiger partial charge < -0.3 is 0 Å². The SMILES string of the molecule is CC(C)(CS)Cn1ncc(=O)c2ccccc21. The Labute approximate surface area is 106 Å². The fourth-order valence-corrected chi connectivity index (χ4v) is 1.84. The number of thiol groups is 1. The largest absolute Gasteiger partial charge is 0.287 e. The summed E-state index contributed by atoms with van der Waals surface area (Å²) in [5, 5.41) is 4.93. The molecular weight excluding hydrogens is 232 g/mol. The van der Waals surface area contributed by atoms with Crippen LogP contribution in [0.2, 0.25) is 0 Å². The summed E-state index contributed by atoms with van der Waals surface area (Å²) in [6.45, 7) is 5.01. The van der Waals surface area contributed by atoms with Crippen LogP contribution in [0.3, 0.4) is 0 Å². The number of fused-ring (bicyclic) bond motifs is 1. The van der Waals surface area contributed by atoms with E-state index in [1.54, 1.807) is 0 Å². The second-order valence-corrected chi connectivity index (χ2v) is 5.32. The van der Waals surface area contributed by atoms with E-state index in [0.717, 1.165) is 23.2 Å². The van der Waals surface area contributed by atoms with Gasteiger partial charge in [0.25, 0.3) is 0 Å². The summed E-state index contributed by atoms with van der Waals surface area (Å²) in [7, 11) is 0. The van der Waals surface area contributed by atoms with Gasteiger partial charge in [-0.1, -0.05) is 26.0 Å². The molecule has 4 heteroatoms. The molecule has 0 spiro atoms. The maximum Gasteiger partial charge on any atom is 0.207 e. The highest BCUT2D eigenvalue weighted by Gasteiger charge is 2.17. The molecule has 1 aromatic carbocycles. The van der Waals surface area contributed by atoms with Crippen LogP contribution in [0, 0.1) is 5.41 Å². The van der Waals surface area contributed by atoms with E-state index in [0.29, 0.717) is 0 Å². The van der Waals surface area contributed by atoms with Crippen LogP contribution in [-0.2, 0) is 6.54 Å². The summed E-state index contributed by atoms with van der Waals surface area (Å²) in [6, 6.07) is 7.56. The van der Waals surface area contributed by atoms with Gasteiger partial charge in [0.05, 0.1) is 11.7 Å². The Bertz CT molecular complexity index is 589. The van der Waals surface area contributed by atoms with Gasteiger partial charge in [-0.05, 0) is 23.3 Å². The van der Waals surface area contributed by atoms with Crippen LogP contribution in [0.25, 0.3) is 10.9 Å². The van der Waals surface area contributed by atoms with E-state index in [1.165, 1.54) is 6.20 Å². The Morgan fingerprint density at radius 1 is 1.35 bits per heavy atom. The molecular formula is C13H16N2OS. The van der Waals surface area contributed by atoms with Crippen LogP contribution in [0.4, 0.5) is 0 Å². The quantitative estimate of drug-likeness (QED) is 0.846. The summed E-state index contributed by atoms with van der Waals surface area (Å²) in [5.74, 6) is 0.773. The molecule has 0 saturated heterocycles. The lowest BCUT2D eigenvalue weighted by Gasteiger charge is -2.23. The fraction of sp³-hybridized carbons (Fsp3) is 0.385. The van der Waals surface area contributed by atoms with Gasteiger partial charge in [0, 0.05) is 11.9 Å². The molecule has 0 bridgehead atoms. The molecule has 0 N–H and O–H groups in total. The average molecular weight is 248 g/mol. The summed E-state index contributed by atoms with van der Waals surface area (Å²) >= 11 is 4.34. The Hall–Kier alpha value is -1.29. The van der Waals surface area contributed by atoms with Gasteiger partial charge >= 0.3 is 0 Å². The first-order valence-electron chi connectivity index (χ1n) is 5.59. The molecule has 0 unspecified atom stereocenters. The second-order valence-electron chi connectivity index (χ2n) is 5.01. The van der Waals surface area contributed by atoms with Gasteiger partial charge in [-0.15, -0.1) is 0 Å². The smallest absolute Gasteiger partial charge is 0.207 e. The summed E-state index contributed by atoms with van der Waals surface area (Å²) < 4.78 is 1.88. The maximum absolute atomic E-state index is 11.7. The minimum Gasteiger partial charge on any atom is -0.287 e. The summed E-state index contributed by atoms with van der Waals surface area (Å²) in [4.78, 5) is 11.7. The predicted molar refractivity (Wildman–Crippen MR) is 73.6 cm³/mol. The van der Waals surface area contributed by atoms with Crippen LogP contribution >= 0.6 is 12.6 Å². The first-order valence-corrected chi connectivity index (χ1v) is 6.22. The standard InChI is InChI=1S/C13H16N2OS/c1-13(2,9-17)8-15-11-6-4-3-5-10(11)12(16)7-14-15/h3-7,17H,8-9H2,1-2H3. The third-order valence-electron chi connectivity index (χ3n) is 2.77. The van der Waals surface area contributed by atoms with Crippen molar-refractivity contribution in [1.29, 1.82) is 0 Å². The van der Waals surface area contributed by atoms with Crippen molar-refractivity contribution in [1.82, 2.24) is 9.78 Å². The zero-order chi connectivity index (χ0) is 12.5. The lowest BCUT2D eigenvalue weighted by Crippen LogP contribution is -2.24. The van der Waals surface area contributed by atoms with Gasteiger partial charge in [-0.25, -0.2) is 0 Å². The summed E-state index contributed by atoms with van der Waals surface area (Å²) in [5.41, 5.74) is 0.906. The monoisotopic (exact) mass is 248 g/mol. The van der Waals surface area contributed by atoms with Gasteiger partial charge in [0.1, 0.15) is 0 Å². The van der Waals surface area contributed by atoms with Crippen LogP contribution in [0.15, 0.2) is 35.3 Å². The van der Waals surface area contributed by atoms with Gasteiger partial charge in [-0.3, -0.25) is 9.48 Å². The number of para-hydroxylation sites is 1. The van der Waals surface area contributed by atoms with Crippen molar-refractivity contribution >= 4 is 23.5 Å². The topological polar surface area (TPSA) is 34.9 Å². The molecule has 1 heterocycles. The Morgan fingerprint density at radius 2 is 2.06 bits per heavy atom. The van der Waals surface area contributed by atoms with E-state index in [2.05, 4.69) is 31.6 Å². The second kappa shape index (κ2) is 4.53. The lowest BCUT2D eigenvalue weighted by molar-refractivity contribution is 0.338. The molecule has 2 rings (SSSR count). The van der Waals surface area contributed by atoms with Crippen LogP contribution < -0.4 is 5.43 Å². The molecule has 0 aliphatic carbocycles. The lowest BCUT2D eigenvalue weighted by atomic mass is 9.96.